The molecule has 0 nitrogen and oxygen atoms in total. The van der Waals surface area contributed by atoms with E-state index in [2.05, 4.69) is 119 Å². The monoisotopic (exact) mass is 488 g/mol. The molecule has 0 atom stereocenters. The van der Waals surface area contributed by atoms with Gasteiger partial charge in [0, 0.05) is 0 Å². The van der Waals surface area contributed by atoms with Crippen molar-refractivity contribution in [3.63, 3.8) is 0 Å². The van der Waals surface area contributed by atoms with Crippen LogP contribution in [0.2, 0.25) is 33.2 Å². The van der Waals surface area contributed by atoms with E-state index < -0.39 is 16.1 Å². The van der Waals surface area contributed by atoms with Crippen LogP contribution < -0.4 is 10.4 Å². The Bertz CT molecular complexity index is 1090. The molecule has 4 aliphatic rings. The molecule has 0 unspecified atom stereocenters. The van der Waals surface area contributed by atoms with E-state index in [0.717, 1.165) is 33.2 Å². The van der Waals surface area contributed by atoms with Crippen LogP contribution in [0.3, 0.4) is 0 Å². The highest BCUT2D eigenvalue weighted by molar-refractivity contribution is 6.96. The Hall–Kier alpha value is -1.39. The van der Waals surface area contributed by atoms with E-state index in [-0.39, 0.29) is 0 Å². The minimum Gasteiger partial charge on any atom is -0.0648 e. The SMILES string of the molecule is CC(C)[Si](c1ccc2cc3c4c([Si](C(C)C)(C(C)C)C(C)C)ccc-4cc=3c1-2)(C(C)C)C(C)C. The van der Waals surface area contributed by atoms with Crippen LogP contribution in [-0.2, 0) is 0 Å². The Kier molecular flexibility index (Phi) is 6.52. The highest BCUT2D eigenvalue weighted by Crippen LogP contribution is 2.48. The van der Waals surface area contributed by atoms with Gasteiger partial charge in [-0.3, -0.25) is 0 Å². The predicted octanol–water partition coefficient (Wildman–Crippen LogP) is 9.27. The molecule has 34 heavy (non-hydrogen) atoms. The molecule has 0 spiro atoms. The summed E-state index contributed by atoms with van der Waals surface area (Å²) in [6, 6.07) is 15.1. The molecule has 184 valence electrons. The number of fused-ring (bicyclic) bond motifs is 4. The molecule has 0 amide bonds. The molecule has 0 saturated carbocycles. The highest BCUT2D eigenvalue weighted by Gasteiger charge is 2.48. The zero-order chi connectivity index (χ0) is 25.3. The molecule has 0 N–H and O–H groups in total. The van der Waals surface area contributed by atoms with Crippen molar-refractivity contribution in [1.29, 1.82) is 0 Å². The van der Waals surface area contributed by atoms with Crippen molar-refractivity contribution in [3.8, 4) is 22.3 Å². The lowest BCUT2D eigenvalue weighted by Crippen LogP contribution is -2.55. The quantitative estimate of drug-likeness (QED) is 0.217. The van der Waals surface area contributed by atoms with E-state index in [4.69, 9.17) is 0 Å². The molecular formula is C32H48Si2. The Labute approximate surface area is 211 Å². The molecule has 0 saturated heterocycles. The maximum absolute atomic E-state index is 2.56. The second-order valence-electron chi connectivity index (χ2n) is 13.1. The normalized spacial score (nSPS) is 14.3. The first-order chi connectivity index (χ1) is 15.8. The van der Waals surface area contributed by atoms with Gasteiger partial charge in [-0.2, -0.15) is 0 Å². The zero-order valence-corrected chi connectivity index (χ0v) is 25.9. The van der Waals surface area contributed by atoms with E-state index in [0.29, 0.717) is 0 Å². The third kappa shape index (κ3) is 3.13. The van der Waals surface area contributed by atoms with Gasteiger partial charge >= 0.3 is 0 Å². The molecule has 4 aliphatic carbocycles. The van der Waals surface area contributed by atoms with E-state index in [9.17, 15) is 0 Å². The fraction of sp³-hybridized carbons (Fsp3) is 0.562. The number of rotatable bonds is 8. The summed E-state index contributed by atoms with van der Waals surface area (Å²) in [7, 11) is -3.44. The maximum atomic E-state index is 2.56. The number of hydrogen-bond donors (Lipinski definition) is 0. The van der Waals surface area contributed by atoms with E-state index >= 15 is 0 Å². The first-order valence-corrected chi connectivity index (χ1v) is 18.4. The van der Waals surface area contributed by atoms with Crippen LogP contribution in [0.1, 0.15) is 83.1 Å². The van der Waals surface area contributed by atoms with Crippen LogP contribution in [0.25, 0.3) is 22.3 Å². The van der Waals surface area contributed by atoms with Crippen LogP contribution in [0.4, 0.5) is 0 Å². The molecular weight excluding hydrogens is 441 g/mol. The third-order valence-corrected chi connectivity index (χ3v) is 24.2. The van der Waals surface area contributed by atoms with Crippen LogP contribution in [0, 0.1) is 10.4 Å². The second-order valence-corrected chi connectivity index (χ2v) is 24.8. The van der Waals surface area contributed by atoms with Gasteiger partial charge in [-0.15, -0.1) is 0 Å². The van der Waals surface area contributed by atoms with Gasteiger partial charge < -0.3 is 0 Å². The lowest BCUT2D eigenvalue weighted by Gasteiger charge is -2.44. The average molecular weight is 489 g/mol. The van der Waals surface area contributed by atoms with Crippen molar-refractivity contribution in [2.75, 3.05) is 0 Å². The largest absolute Gasteiger partial charge is 0.0950 e. The zero-order valence-electron chi connectivity index (χ0n) is 23.9. The summed E-state index contributed by atoms with van der Waals surface area (Å²) in [5.74, 6) is 0. The molecule has 0 aliphatic heterocycles. The fourth-order valence-electron chi connectivity index (χ4n) is 9.30. The molecule has 0 aromatic carbocycles. The average Bonchev–Trinajstić information content (AvgIpc) is 3.41. The first kappa shape index (κ1) is 25.7. The van der Waals surface area contributed by atoms with Crippen molar-refractivity contribution >= 4 is 26.5 Å². The van der Waals surface area contributed by atoms with Crippen molar-refractivity contribution in [2.24, 2.45) is 0 Å². The van der Waals surface area contributed by atoms with Gasteiger partial charge in [-0.1, -0.05) is 118 Å². The smallest absolute Gasteiger partial charge is 0.0648 e. The Morgan fingerprint density at radius 1 is 0.412 bits per heavy atom. The highest BCUT2D eigenvalue weighted by atomic mass is 28.3. The van der Waals surface area contributed by atoms with Gasteiger partial charge in [-0.25, -0.2) is 0 Å². The van der Waals surface area contributed by atoms with Crippen LogP contribution in [0.5, 0.6) is 0 Å². The summed E-state index contributed by atoms with van der Waals surface area (Å²) in [5, 5.41) is 6.54. The molecule has 2 heteroatoms. The summed E-state index contributed by atoms with van der Waals surface area (Å²) in [6.45, 7) is 30.0. The van der Waals surface area contributed by atoms with Gasteiger partial charge in [0.25, 0.3) is 0 Å². The predicted molar refractivity (Wildman–Crippen MR) is 159 cm³/mol. The standard InChI is InChI=1S/C32H48Si2/c1-19(2)33(20(3)4,21(5)6)29-15-13-25-17-28-27(31(25)29)18-26-14-16-30(32(26)28)34(22(7)8,23(9)10)24(11)12/h13-24H,1-12H3. The van der Waals surface area contributed by atoms with Gasteiger partial charge in [0.15, 0.2) is 0 Å². The first-order valence-electron chi connectivity index (χ1n) is 13.9. The molecule has 4 rings (SSSR count). The minimum atomic E-state index is -1.72. The van der Waals surface area contributed by atoms with Gasteiger partial charge in [0.1, 0.15) is 0 Å². The van der Waals surface area contributed by atoms with Gasteiger partial charge in [-0.05, 0) is 78.1 Å². The Morgan fingerprint density at radius 2 is 0.676 bits per heavy atom. The summed E-state index contributed by atoms with van der Waals surface area (Å²) in [6.07, 6.45) is 0. The van der Waals surface area contributed by atoms with Gasteiger partial charge in [0.2, 0.25) is 0 Å². The molecule has 0 radical (unpaired) electrons. The lowest BCUT2D eigenvalue weighted by atomic mass is 10.2. The molecule has 0 aromatic rings. The molecule has 0 bridgehead atoms. The molecule has 0 heterocycles. The Balaban J connectivity index is 2.10. The second kappa shape index (κ2) is 8.62. The van der Waals surface area contributed by atoms with E-state index in [1.54, 1.807) is 31.9 Å². The van der Waals surface area contributed by atoms with Crippen molar-refractivity contribution < 1.29 is 0 Å². The third-order valence-electron chi connectivity index (χ3n) is 10.1. The van der Waals surface area contributed by atoms with Crippen molar-refractivity contribution in [3.05, 3.63) is 46.8 Å². The maximum Gasteiger partial charge on any atom is 0.0950 e. The van der Waals surface area contributed by atoms with Crippen LogP contribution in [-0.4, -0.2) is 16.1 Å². The Morgan fingerprint density at radius 3 is 0.912 bits per heavy atom. The minimum absolute atomic E-state index is 0.731. The van der Waals surface area contributed by atoms with Crippen LogP contribution in [0.15, 0.2) is 36.4 Å². The van der Waals surface area contributed by atoms with Crippen molar-refractivity contribution in [1.82, 2.24) is 0 Å². The molecule has 0 aromatic heterocycles. The fourth-order valence-corrected chi connectivity index (χ4v) is 23.2. The van der Waals surface area contributed by atoms with Crippen LogP contribution >= 0.6 is 0 Å². The topological polar surface area (TPSA) is 0 Å². The van der Waals surface area contributed by atoms with Crippen molar-refractivity contribution in [2.45, 2.75) is 116 Å². The summed E-state index contributed by atoms with van der Waals surface area (Å²) in [4.78, 5) is 0. The lowest BCUT2D eigenvalue weighted by molar-refractivity contribution is 0.835. The summed E-state index contributed by atoms with van der Waals surface area (Å²) >= 11 is 0. The number of hydrogen-bond acceptors (Lipinski definition) is 0. The summed E-state index contributed by atoms with van der Waals surface area (Å²) < 4.78 is 0. The summed E-state index contributed by atoms with van der Waals surface area (Å²) in [5.41, 5.74) is 10.6. The van der Waals surface area contributed by atoms with E-state index in [1.807, 2.05) is 0 Å². The molecule has 0 fully saturated rings. The van der Waals surface area contributed by atoms with E-state index in [1.165, 1.54) is 11.1 Å². The van der Waals surface area contributed by atoms with Gasteiger partial charge in [0.05, 0.1) is 16.1 Å².